The van der Waals surface area contributed by atoms with Crippen LogP contribution >= 0.6 is 0 Å². The molecule has 0 atom stereocenters. The second-order valence-corrected chi connectivity index (χ2v) is 5.88. The molecule has 1 saturated heterocycles. The first-order valence-corrected chi connectivity index (χ1v) is 7.91. The Hall–Kier alpha value is -2.21. The van der Waals surface area contributed by atoms with Crippen molar-refractivity contribution >= 4 is 5.91 Å². The molecule has 2 aromatic heterocycles. The number of aromatic nitrogens is 3. The Kier molecular flexibility index (Phi) is 4.71. The molecular formula is C17H22N4O2. The van der Waals surface area contributed by atoms with E-state index in [0.717, 1.165) is 37.4 Å². The molecule has 0 spiro atoms. The number of nitrogens with zero attached hydrogens (tertiary/aromatic N) is 4. The second-order valence-electron chi connectivity index (χ2n) is 5.88. The lowest BCUT2D eigenvalue weighted by Crippen LogP contribution is -2.39. The van der Waals surface area contributed by atoms with Crippen LogP contribution in [0.15, 0.2) is 30.7 Å². The number of amides is 1. The Morgan fingerprint density at radius 2 is 2.13 bits per heavy atom. The lowest BCUT2D eigenvalue weighted by Gasteiger charge is -2.34. The van der Waals surface area contributed by atoms with Gasteiger partial charge in [-0.15, -0.1) is 0 Å². The summed E-state index contributed by atoms with van der Waals surface area (Å²) in [5, 5.41) is 0. The van der Waals surface area contributed by atoms with Gasteiger partial charge in [0.25, 0.3) is 5.91 Å². The Labute approximate surface area is 136 Å². The molecule has 2 aromatic rings. The summed E-state index contributed by atoms with van der Waals surface area (Å²) in [5.74, 6) is 1.03. The second kappa shape index (κ2) is 6.91. The van der Waals surface area contributed by atoms with Gasteiger partial charge in [0, 0.05) is 50.5 Å². The van der Waals surface area contributed by atoms with Crippen LogP contribution in [0.4, 0.5) is 0 Å². The summed E-state index contributed by atoms with van der Waals surface area (Å²) < 4.78 is 7.49. The number of hydrogen-bond donors (Lipinski definition) is 0. The highest BCUT2D eigenvalue weighted by Gasteiger charge is 2.26. The first-order chi connectivity index (χ1) is 11.2. The van der Waals surface area contributed by atoms with E-state index in [-0.39, 0.29) is 5.91 Å². The number of rotatable bonds is 4. The summed E-state index contributed by atoms with van der Waals surface area (Å²) in [5.41, 5.74) is 1.80. The zero-order chi connectivity index (χ0) is 16.2. The molecule has 3 rings (SSSR count). The van der Waals surface area contributed by atoms with E-state index in [9.17, 15) is 4.79 Å². The first kappa shape index (κ1) is 15.7. The average Bonchev–Trinajstić information content (AvgIpc) is 2.96. The van der Waals surface area contributed by atoms with E-state index >= 15 is 0 Å². The van der Waals surface area contributed by atoms with E-state index in [2.05, 4.69) is 21.5 Å². The quantitative estimate of drug-likeness (QED) is 0.868. The van der Waals surface area contributed by atoms with Crippen molar-refractivity contribution in [1.29, 1.82) is 0 Å². The van der Waals surface area contributed by atoms with Crippen LogP contribution in [-0.4, -0.2) is 45.5 Å². The molecule has 0 saturated carbocycles. The monoisotopic (exact) mass is 314 g/mol. The molecule has 0 aromatic carbocycles. The fourth-order valence-electron chi connectivity index (χ4n) is 3.23. The molecular weight excluding hydrogens is 292 g/mol. The summed E-state index contributed by atoms with van der Waals surface area (Å²) in [6.45, 7) is 4.09. The SMILES string of the molecule is COCc1ncc(C)n1C1CCN(C(=O)c2cccnc2)CC1. The Morgan fingerprint density at radius 3 is 2.78 bits per heavy atom. The minimum absolute atomic E-state index is 0.0658. The minimum atomic E-state index is 0.0658. The number of methoxy groups -OCH3 is 1. The van der Waals surface area contributed by atoms with Crippen molar-refractivity contribution < 1.29 is 9.53 Å². The average molecular weight is 314 g/mol. The van der Waals surface area contributed by atoms with Crippen LogP contribution in [-0.2, 0) is 11.3 Å². The maximum atomic E-state index is 12.5. The molecule has 1 fully saturated rings. The van der Waals surface area contributed by atoms with Crippen LogP contribution in [0, 0.1) is 6.92 Å². The van der Waals surface area contributed by atoms with Crippen LogP contribution < -0.4 is 0 Å². The highest BCUT2D eigenvalue weighted by Crippen LogP contribution is 2.26. The number of aryl methyl sites for hydroxylation is 1. The van der Waals surface area contributed by atoms with Gasteiger partial charge in [-0.25, -0.2) is 4.98 Å². The van der Waals surface area contributed by atoms with Gasteiger partial charge in [0.2, 0.25) is 0 Å². The molecule has 0 aliphatic carbocycles. The van der Waals surface area contributed by atoms with E-state index in [0.29, 0.717) is 18.2 Å². The molecule has 0 unspecified atom stereocenters. The third kappa shape index (κ3) is 3.27. The highest BCUT2D eigenvalue weighted by molar-refractivity contribution is 5.93. The summed E-state index contributed by atoms with van der Waals surface area (Å²) in [4.78, 5) is 22.8. The van der Waals surface area contributed by atoms with Gasteiger partial charge in [0.05, 0.1) is 5.56 Å². The molecule has 6 nitrogen and oxygen atoms in total. The van der Waals surface area contributed by atoms with Crippen LogP contribution in [0.25, 0.3) is 0 Å². The Morgan fingerprint density at radius 1 is 1.35 bits per heavy atom. The molecule has 0 radical (unpaired) electrons. The number of hydrogen-bond acceptors (Lipinski definition) is 4. The third-order valence-corrected chi connectivity index (χ3v) is 4.36. The van der Waals surface area contributed by atoms with Gasteiger partial charge in [-0.05, 0) is 31.9 Å². The summed E-state index contributed by atoms with van der Waals surface area (Å²) in [6, 6.07) is 3.99. The molecule has 1 aliphatic heterocycles. The maximum absolute atomic E-state index is 12.5. The van der Waals surface area contributed by atoms with E-state index in [1.54, 1.807) is 25.6 Å². The number of pyridine rings is 1. The molecule has 23 heavy (non-hydrogen) atoms. The fraction of sp³-hybridized carbons (Fsp3) is 0.471. The predicted octanol–water partition coefficient (Wildman–Crippen LogP) is 2.21. The zero-order valence-electron chi connectivity index (χ0n) is 13.6. The van der Waals surface area contributed by atoms with Crippen LogP contribution in [0.2, 0.25) is 0 Å². The fourth-order valence-corrected chi connectivity index (χ4v) is 3.23. The van der Waals surface area contributed by atoms with Crippen molar-refractivity contribution in [1.82, 2.24) is 19.4 Å². The van der Waals surface area contributed by atoms with Crippen molar-refractivity contribution in [2.75, 3.05) is 20.2 Å². The van der Waals surface area contributed by atoms with Crippen LogP contribution in [0.1, 0.15) is 40.8 Å². The van der Waals surface area contributed by atoms with Crippen LogP contribution in [0.5, 0.6) is 0 Å². The van der Waals surface area contributed by atoms with E-state index < -0.39 is 0 Å². The molecule has 122 valence electrons. The summed E-state index contributed by atoms with van der Waals surface area (Å²) in [6.07, 6.45) is 7.06. The lowest BCUT2D eigenvalue weighted by molar-refractivity contribution is 0.0689. The van der Waals surface area contributed by atoms with Crippen molar-refractivity contribution in [3.05, 3.63) is 47.8 Å². The molecule has 1 amide bonds. The van der Waals surface area contributed by atoms with E-state index in [1.165, 1.54) is 0 Å². The van der Waals surface area contributed by atoms with E-state index in [1.807, 2.05) is 17.2 Å². The highest BCUT2D eigenvalue weighted by atomic mass is 16.5. The maximum Gasteiger partial charge on any atom is 0.255 e. The topological polar surface area (TPSA) is 60.2 Å². The Bertz CT molecular complexity index is 660. The number of ether oxygens (including phenoxy) is 1. The summed E-state index contributed by atoms with van der Waals surface area (Å²) in [7, 11) is 1.68. The van der Waals surface area contributed by atoms with Crippen molar-refractivity contribution in [3.63, 3.8) is 0 Å². The molecule has 0 bridgehead atoms. The predicted molar refractivity (Wildman–Crippen MR) is 86.1 cm³/mol. The number of likely N-dealkylation sites (tertiary alicyclic amines) is 1. The molecule has 1 aliphatic rings. The molecule has 6 heteroatoms. The van der Waals surface area contributed by atoms with Crippen LogP contribution in [0.3, 0.4) is 0 Å². The smallest absolute Gasteiger partial charge is 0.255 e. The number of imidazole rings is 1. The van der Waals surface area contributed by atoms with Crippen molar-refractivity contribution in [3.8, 4) is 0 Å². The summed E-state index contributed by atoms with van der Waals surface area (Å²) >= 11 is 0. The lowest BCUT2D eigenvalue weighted by atomic mass is 10.0. The largest absolute Gasteiger partial charge is 0.377 e. The normalized spacial score (nSPS) is 15.8. The van der Waals surface area contributed by atoms with E-state index in [4.69, 9.17) is 4.74 Å². The van der Waals surface area contributed by atoms with Gasteiger partial charge in [0.15, 0.2) is 0 Å². The first-order valence-electron chi connectivity index (χ1n) is 7.91. The van der Waals surface area contributed by atoms with Gasteiger partial charge in [-0.2, -0.15) is 0 Å². The molecule has 3 heterocycles. The third-order valence-electron chi connectivity index (χ3n) is 4.36. The Balaban J connectivity index is 1.67. The van der Waals surface area contributed by atoms with Crippen molar-refractivity contribution in [2.24, 2.45) is 0 Å². The van der Waals surface area contributed by atoms with Gasteiger partial charge >= 0.3 is 0 Å². The van der Waals surface area contributed by atoms with Crippen molar-refractivity contribution in [2.45, 2.75) is 32.4 Å². The minimum Gasteiger partial charge on any atom is -0.377 e. The standard InChI is InChI=1S/C17H22N4O2/c1-13-10-19-16(12-23-2)21(13)15-5-8-20(9-6-15)17(22)14-4-3-7-18-11-14/h3-4,7,10-11,15H,5-6,8-9,12H2,1-2H3. The van der Waals surface area contributed by atoms with Gasteiger partial charge in [0.1, 0.15) is 12.4 Å². The number of carbonyl (C=O) groups excluding carboxylic acids is 1. The molecule has 0 N–H and O–H groups in total. The number of carbonyl (C=O) groups is 1. The number of piperidine rings is 1. The van der Waals surface area contributed by atoms with Gasteiger partial charge < -0.3 is 14.2 Å². The van der Waals surface area contributed by atoms with Gasteiger partial charge in [-0.3, -0.25) is 9.78 Å². The zero-order valence-corrected chi connectivity index (χ0v) is 13.6. The van der Waals surface area contributed by atoms with Gasteiger partial charge in [-0.1, -0.05) is 0 Å².